The van der Waals surface area contributed by atoms with Crippen LogP contribution in [0.25, 0.3) is 22.4 Å². The summed E-state index contributed by atoms with van der Waals surface area (Å²) in [6.45, 7) is 4.62. The molecule has 2 aromatic carbocycles. The van der Waals surface area contributed by atoms with Gasteiger partial charge in [-0.3, -0.25) is 0 Å². The van der Waals surface area contributed by atoms with Crippen molar-refractivity contribution in [2.24, 2.45) is 7.05 Å². The van der Waals surface area contributed by atoms with Crippen LogP contribution < -0.4 is 0 Å². The average molecular weight is 274 g/mol. The molecule has 1 heterocycles. The summed E-state index contributed by atoms with van der Waals surface area (Å²) in [6.07, 6.45) is 3.96. The predicted octanol–water partition coefficient (Wildman–Crippen LogP) is 4.39. The molecule has 0 radical (unpaired) electrons. The maximum Gasteiger partial charge on any atom is 0.0951 e. The number of aryl methyl sites for hydroxylation is 1. The fraction of sp³-hybridized carbons (Fsp3) is 0.211. The van der Waals surface area contributed by atoms with Gasteiger partial charge in [0.25, 0.3) is 0 Å². The van der Waals surface area contributed by atoms with Crippen molar-refractivity contribution in [1.82, 2.24) is 9.55 Å². The molecule has 2 heteroatoms. The zero-order valence-electron chi connectivity index (χ0n) is 12.6. The van der Waals surface area contributed by atoms with Crippen molar-refractivity contribution in [3.05, 3.63) is 66.1 Å². The lowest BCUT2D eigenvalue weighted by atomic mass is 9.79. The Balaban J connectivity index is 2.05. The number of hydrogen-bond acceptors (Lipinski definition) is 1. The van der Waals surface area contributed by atoms with E-state index >= 15 is 0 Å². The summed E-state index contributed by atoms with van der Waals surface area (Å²) in [5, 5.41) is 0. The van der Waals surface area contributed by atoms with Gasteiger partial charge in [0, 0.05) is 24.2 Å². The van der Waals surface area contributed by atoms with Gasteiger partial charge in [-0.1, -0.05) is 56.3 Å². The highest BCUT2D eigenvalue weighted by molar-refractivity contribution is 5.87. The minimum absolute atomic E-state index is 0.0139. The molecule has 0 bridgehead atoms. The fourth-order valence-electron chi connectivity index (χ4n) is 3.61. The number of aromatic nitrogens is 2. The number of nitrogens with zero attached hydrogens (tertiary/aromatic N) is 2. The van der Waals surface area contributed by atoms with Gasteiger partial charge in [0.2, 0.25) is 0 Å². The summed E-state index contributed by atoms with van der Waals surface area (Å²) in [6, 6.07) is 15.3. The summed E-state index contributed by atoms with van der Waals surface area (Å²) in [7, 11) is 2.01. The Labute approximate surface area is 125 Å². The second kappa shape index (κ2) is 4.08. The number of hydrogen-bond donors (Lipinski definition) is 0. The topological polar surface area (TPSA) is 17.8 Å². The van der Waals surface area contributed by atoms with E-state index in [-0.39, 0.29) is 5.41 Å². The molecule has 0 aliphatic heterocycles. The van der Waals surface area contributed by atoms with Crippen LogP contribution in [0.1, 0.15) is 25.0 Å². The third-order valence-corrected chi connectivity index (χ3v) is 4.56. The van der Waals surface area contributed by atoms with Crippen LogP contribution in [0.15, 0.2) is 55.0 Å². The van der Waals surface area contributed by atoms with Gasteiger partial charge in [0.1, 0.15) is 0 Å². The Bertz CT molecular complexity index is 840. The molecular weight excluding hydrogens is 256 g/mol. The van der Waals surface area contributed by atoms with Gasteiger partial charge >= 0.3 is 0 Å². The molecule has 0 spiro atoms. The lowest BCUT2D eigenvalue weighted by Gasteiger charge is -2.23. The van der Waals surface area contributed by atoms with Crippen molar-refractivity contribution >= 4 is 0 Å². The second-order valence-corrected chi connectivity index (χ2v) is 6.32. The Morgan fingerprint density at radius 1 is 0.905 bits per heavy atom. The van der Waals surface area contributed by atoms with Gasteiger partial charge in [-0.2, -0.15) is 0 Å². The van der Waals surface area contributed by atoms with E-state index < -0.39 is 0 Å². The second-order valence-electron chi connectivity index (χ2n) is 6.32. The van der Waals surface area contributed by atoms with Crippen LogP contribution in [0.4, 0.5) is 0 Å². The number of rotatable bonds is 1. The summed E-state index contributed by atoms with van der Waals surface area (Å²) in [5.41, 5.74) is 7.81. The Hall–Kier alpha value is -2.35. The van der Waals surface area contributed by atoms with E-state index in [0.717, 1.165) is 5.69 Å². The molecule has 2 nitrogen and oxygen atoms in total. The van der Waals surface area contributed by atoms with Crippen molar-refractivity contribution in [2.75, 3.05) is 0 Å². The molecule has 0 saturated carbocycles. The van der Waals surface area contributed by atoms with Crippen LogP contribution in [-0.4, -0.2) is 9.55 Å². The van der Waals surface area contributed by atoms with E-state index in [1.807, 2.05) is 17.9 Å². The molecule has 3 aromatic rings. The summed E-state index contributed by atoms with van der Waals surface area (Å²) in [4.78, 5) is 4.55. The molecular formula is C19H18N2. The van der Waals surface area contributed by atoms with Gasteiger partial charge in [0.05, 0.1) is 12.0 Å². The zero-order valence-corrected chi connectivity index (χ0v) is 12.6. The average Bonchev–Trinajstić information content (AvgIpc) is 3.01. The maximum atomic E-state index is 4.55. The molecule has 0 N–H and O–H groups in total. The third kappa shape index (κ3) is 1.62. The smallest absolute Gasteiger partial charge is 0.0951 e. The normalized spacial score (nSPS) is 14.8. The molecule has 0 unspecified atom stereocenters. The van der Waals surface area contributed by atoms with Crippen molar-refractivity contribution in [1.29, 1.82) is 0 Å². The van der Waals surface area contributed by atoms with Crippen LogP contribution in [0.5, 0.6) is 0 Å². The molecule has 0 atom stereocenters. The first-order chi connectivity index (χ1) is 10.1. The molecule has 1 aliphatic rings. The van der Waals surface area contributed by atoms with Gasteiger partial charge in [-0.05, 0) is 22.3 Å². The predicted molar refractivity (Wildman–Crippen MR) is 86.2 cm³/mol. The fourth-order valence-corrected chi connectivity index (χ4v) is 3.61. The quantitative estimate of drug-likeness (QED) is 0.643. The van der Waals surface area contributed by atoms with Crippen molar-refractivity contribution in [2.45, 2.75) is 19.3 Å². The minimum Gasteiger partial charge on any atom is -0.340 e. The molecule has 1 aliphatic carbocycles. The number of imidazole rings is 1. The van der Waals surface area contributed by atoms with E-state index in [1.54, 1.807) is 0 Å². The Kier molecular flexibility index (Phi) is 2.41. The van der Waals surface area contributed by atoms with Gasteiger partial charge in [-0.25, -0.2) is 4.98 Å². The minimum atomic E-state index is 0.0139. The van der Waals surface area contributed by atoms with E-state index in [1.165, 1.54) is 27.8 Å². The first-order valence-electron chi connectivity index (χ1n) is 7.31. The highest BCUT2D eigenvalue weighted by atomic mass is 15.0. The van der Waals surface area contributed by atoms with Crippen LogP contribution in [-0.2, 0) is 12.5 Å². The first kappa shape index (κ1) is 12.4. The molecule has 21 heavy (non-hydrogen) atoms. The van der Waals surface area contributed by atoms with Crippen molar-refractivity contribution in [3.63, 3.8) is 0 Å². The molecule has 4 rings (SSSR count). The monoisotopic (exact) mass is 274 g/mol. The van der Waals surface area contributed by atoms with Crippen LogP contribution >= 0.6 is 0 Å². The van der Waals surface area contributed by atoms with Crippen LogP contribution in [0.2, 0.25) is 0 Å². The van der Waals surface area contributed by atoms with Gasteiger partial charge < -0.3 is 4.57 Å². The largest absolute Gasteiger partial charge is 0.340 e. The Morgan fingerprint density at radius 2 is 1.62 bits per heavy atom. The molecule has 0 fully saturated rings. The lowest BCUT2D eigenvalue weighted by molar-refractivity contribution is 0.662. The summed E-state index contributed by atoms with van der Waals surface area (Å²) >= 11 is 0. The number of fused-ring (bicyclic) bond motifs is 3. The summed E-state index contributed by atoms with van der Waals surface area (Å²) < 4.78 is 2.00. The molecule has 0 amide bonds. The SMILES string of the molecule is Cn1cnc(-c2cccc3c2C(C)(C)c2ccccc2-3)c1. The highest BCUT2D eigenvalue weighted by Crippen LogP contribution is 2.51. The van der Waals surface area contributed by atoms with Crippen molar-refractivity contribution in [3.8, 4) is 22.4 Å². The Morgan fingerprint density at radius 3 is 2.38 bits per heavy atom. The van der Waals surface area contributed by atoms with E-state index in [2.05, 4.69) is 67.5 Å². The van der Waals surface area contributed by atoms with Gasteiger partial charge in [0.15, 0.2) is 0 Å². The maximum absolute atomic E-state index is 4.55. The molecule has 1 aromatic heterocycles. The van der Waals surface area contributed by atoms with E-state index in [9.17, 15) is 0 Å². The van der Waals surface area contributed by atoms with Gasteiger partial charge in [-0.15, -0.1) is 0 Å². The van der Waals surface area contributed by atoms with Crippen molar-refractivity contribution < 1.29 is 0 Å². The van der Waals surface area contributed by atoms with Crippen LogP contribution in [0, 0.1) is 0 Å². The van der Waals surface area contributed by atoms with Crippen LogP contribution in [0.3, 0.4) is 0 Å². The first-order valence-corrected chi connectivity index (χ1v) is 7.31. The molecule has 104 valence electrons. The standard InChI is InChI=1S/C19H18N2/c1-19(2)16-10-5-4-7-13(16)14-8-6-9-15(18(14)19)17-11-21(3)12-20-17/h4-12H,1-3H3. The number of benzene rings is 2. The lowest BCUT2D eigenvalue weighted by Crippen LogP contribution is -2.16. The third-order valence-electron chi connectivity index (χ3n) is 4.56. The summed E-state index contributed by atoms with van der Waals surface area (Å²) in [5.74, 6) is 0. The zero-order chi connectivity index (χ0) is 14.6. The van der Waals surface area contributed by atoms with E-state index in [0.29, 0.717) is 0 Å². The molecule has 0 saturated heterocycles. The van der Waals surface area contributed by atoms with E-state index in [4.69, 9.17) is 0 Å². The highest BCUT2D eigenvalue weighted by Gasteiger charge is 2.37.